The summed E-state index contributed by atoms with van der Waals surface area (Å²) < 4.78 is 25.0. The van der Waals surface area contributed by atoms with E-state index in [-0.39, 0.29) is 17.3 Å². The van der Waals surface area contributed by atoms with Crippen LogP contribution in [0.3, 0.4) is 0 Å². The maximum atomic E-state index is 12.5. The molecule has 0 saturated carbocycles. The van der Waals surface area contributed by atoms with Crippen LogP contribution in [0.5, 0.6) is 0 Å². The highest BCUT2D eigenvalue weighted by atomic mass is 16.4. The molecule has 0 radical (unpaired) electrons. The summed E-state index contributed by atoms with van der Waals surface area (Å²) in [4.78, 5) is 33.8. The fraction of sp³-hybridized carbons (Fsp3) is 0.200. The van der Waals surface area contributed by atoms with Crippen LogP contribution in [0.4, 0.5) is 11.5 Å². The maximum absolute atomic E-state index is 12.5. The summed E-state index contributed by atoms with van der Waals surface area (Å²) in [6.45, 7) is -0.559. The molecule has 0 unspecified atom stereocenters. The largest absolute Gasteiger partial charge is 0.481 e. The van der Waals surface area contributed by atoms with Crippen molar-refractivity contribution in [1.82, 2.24) is 14.4 Å². The first-order chi connectivity index (χ1) is 17.0. The number of aliphatic carboxylic acids is 1. The Labute approximate surface area is 195 Å². The number of hydrogen-bond acceptors (Lipinski definition) is 5. The second-order valence-corrected chi connectivity index (χ2v) is 7.77. The van der Waals surface area contributed by atoms with E-state index >= 15 is 0 Å². The number of carboxylic acid groups (broad SMARTS) is 1. The number of carbonyl (C=O) groups excluding carboxylic acids is 1. The molecule has 0 aliphatic heterocycles. The smallest absolute Gasteiger partial charge is 0.308 e. The zero-order valence-corrected chi connectivity index (χ0v) is 18.2. The Morgan fingerprint density at radius 3 is 2.55 bits per heavy atom. The van der Waals surface area contributed by atoms with E-state index in [1.54, 1.807) is 34.9 Å². The van der Waals surface area contributed by atoms with Crippen LogP contribution in [0, 0.1) is 6.92 Å². The number of carbonyl (C=O) groups is 2. The van der Waals surface area contributed by atoms with Gasteiger partial charge in [-0.1, -0.05) is 29.8 Å². The monoisotopic (exact) mass is 446 g/mol. The van der Waals surface area contributed by atoms with Crippen LogP contribution in [-0.2, 0) is 17.6 Å². The second-order valence-electron chi connectivity index (χ2n) is 7.77. The quantitative estimate of drug-likeness (QED) is 0.450. The van der Waals surface area contributed by atoms with E-state index in [0.29, 0.717) is 29.1 Å². The second kappa shape index (κ2) is 9.12. The predicted octanol–water partition coefficient (Wildman–Crippen LogP) is 3.57. The minimum atomic E-state index is -2.51. The number of nitrogens with zero attached hydrogens (tertiary/aromatic N) is 4. The van der Waals surface area contributed by atoms with Gasteiger partial charge in [0.1, 0.15) is 17.3 Å². The molecule has 2 N–H and O–H groups in total. The van der Waals surface area contributed by atoms with Gasteiger partial charge in [-0.3, -0.25) is 14.0 Å². The number of carboxylic acids is 1. The van der Waals surface area contributed by atoms with Crippen molar-refractivity contribution in [2.45, 2.75) is 19.8 Å². The Kier molecular flexibility index (Phi) is 5.08. The summed E-state index contributed by atoms with van der Waals surface area (Å²) in [6, 6.07) is 14.5. The first kappa shape index (κ1) is 18.4. The van der Waals surface area contributed by atoms with Gasteiger partial charge >= 0.3 is 5.97 Å². The third-order valence-electron chi connectivity index (χ3n) is 5.23. The van der Waals surface area contributed by atoms with Gasteiger partial charge in [0.25, 0.3) is 5.91 Å². The normalized spacial score (nSPS) is 12.6. The topological polar surface area (TPSA) is 99.8 Å². The highest BCUT2D eigenvalue weighted by molar-refractivity contribution is 6.04. The lowest BCUT2D eigenvalue weighted by atomic mass is 10.1. The third-order valence-corrected chi connectivity index (χ3v) is 5.23. The lowest BCUT2D eigenvalue weighted by molar-refractivity contribution is -0.136. The molecule has 0 aliphatic carbocycles. The van der Waals surface area contributed by atoms with Gasteiger partial charge in [-0.2, -0.15) is 0 Å². The van der Waals surface area contributed by atoms with Crippen molar-refractivity contribution in [3.05, 3.63) is 89.0 Å². The lowest BCUT2D eigenvalue weighted by Crippen LogP contribution is -2.19. The number of anilines is 2. The van der Waals surface area contributed by atoms with Crippen molar-refractivity contribution in [3.63, 3.8) is 0 Å². The first-order valence-corrected chi connectivity index (χ1v) is 10.3. The fourth-order valence-corrected chi connectivity index (χ4v) is 3.59. The molecule has 0 aliphatic rings. The number of amides is 1. The van der Waals surface area contributed by atoms with E-state index in [0.717, 1.165) is 16.0 Å². The number of benzene rings is 2. The Morgan fingerprint density at radius 1 is 1.15 bits per heavy atom. The van der Waals surface area contributed by atoms with Gasteiger partial charge in [0.05, 0.1) is 6.42 Å². The molecule has 8 heteroatoms. The molecule has 0 spiro atoms. The van der Waals surface area contributed by atoms with E-state index in [1.165, 1.54) is 13.2 Å². The lowest BCUT2D eigenvalue weighted by Gasteiger charge is -2.18. The highest BCUT2D eigenvalue weighted by Crippen LogP contribution is 2.24. The Balaban J connectivity index is 1.62. The fourth-order valence-electron chi connectivity index (χ4n) is 3.59. The van der Waals surface area contributed by atoms with Crippen molar-refractivity contribution in [3.8, 4) is 0 Å². The summed E-state index contributed by atoms with van der Waals surface area (Å²) in [5.74, 6) is -0.777. The SMILES string of the molecule is [2H]C([2H])([2H])N(C)c1nc(Cc2ccc(NC(=O)c3ccc(C)cc3)cc2)n2ccnc2c1CC(=O)O. The Bertz CT molecular complexity index is 1410. The number of aryl methyl sites for hydroxylation is 1. The van der Waals surface area contributed by atoms with Gasteiger partial charge < -0.3 is 15.3 Å². The molecule has 2 aromatic carbocycles. The summed E-state index contributed by atoms with van der Waals surface area (Å²) >= 11 is 0. The molecule has 0 saturated heterocycles. The van der Waals surface area contributed by atoms with Crippen molar-refractivity contribution >= 4 is 29.0 Å². The predicted molar refractivity (Wildman–Crippen MR) is 127 cm³/mol. The Morgan fingerprint density at radius 2 is 1.88 bits per heavy atom. The van der Waals surface area contributed by atoms with Crippen molar-refractivity contribution in [2.24, 2.45) is 0 Å². The third kappa shape index (κ3) is 4.85. The van der Waals surface area contributed by atoms with Gasteiger partial charge in [-0.05, 0) is 36.8 Å². The summed E-state index contributed by atoms with van der Waals surface area (Å²) in [7, 11) is 1.36. The van der Waals surface area contributed by atoms with Crippen LogP contribution in [0.15, 0.2) is 60.9 Å². The van der Waals surface area contributed by atoms with Crippen LogP contribution < -0.4 is 10.2 Å². The van der Waals surface area contributed by atoms with Crippen LogP contribution >= 0.6 is 0 Å². The molecule has 0 fully saturated rings. The van der Waals surface area contributed by atoms with Crippen LogP contribution in [0.1, 0.15) is 37.0 Å². The van der Waals surface area contributed by atoms with E-state index < -0.39 is 19.4 Å². The number of rotatable bonds is 7. The zero-order valence-electron chi connectivity index (χ0n) is 21.2. The average Bonchev–Trinajstić information content (AvgIpc) is 3.31. The van der Waals surface area contributed by atoms with Crippen LogP contribution in [-0.4, -0.2) is 45.4 Å². The maximum Gasteiger partial charge on any atom is 0.308 e. The number of fused-ring (bicyclic) bond motifs is 1. The molecule has 1 amide bonds. The minimum Gasteiger partial charge on any atom is -0.481 e. The van der Waals surface area contributed by atoms with Crippen molar-refractivity contribution in [2.75, 3.05) is 24.2 Å². The standard InChI is InChI=1S/C25H25N5O3/c1-16-4-8-18(9-5-16)25(33)27-19-10-6-17(7-11-19)14-21-28-24(29(2)3)20(15-22(31)32)23-26-12-13-30(21)23/h4-13H,14-15H2,1-3H3,(H,27,33)(H,31,32)/i2D3. The van der Waals surface area contributed by atoms with E-state index in [4.69, 9.17) is 4.11 Å². The Hall–Kier alpha value is -4.20. The number of hydrogen-bond donors (Lipinski definition) is 2. The molecule has 2 heterocycles. The number of aromatic nitrogens is 3. The molecule has 2 aromatic heterocycles. The van der Waals surface area contributed by atoms with Gasteiger partial charge in [0.2, 0.25) is 0 Å². The first-order valence-electron chi connectivity index (χ1n) is 11.8. The van der Waals surface area contributed by atoms with Crippen LogP contribution in [0.25, 0.3) is 5.65 Å². The van der Waals surface area contributed by atoms with Crippen molar-refractivity contribution in [1.29, 1.82) is 0 Å². The summed E-state index contributed by atoms with van der Waals surface area (Å²) in [5.41, 5.74) is 3.69. The molecular weight excluding hydrogens is 418 g/mol. The molecule has 33 heavy (non-hydrogen) atoms. The minimum absolute atomic E-state index is 0.0491. The molecule has 4 rings (SSSR count). The van der Waals surface area contributed by atoms with Gasteiger partial charge in [0, 0.05) is 53.8 Å². The number of nitrogens with one attached hydrogen (secondary N) is 1. The van der Waals surface area contributed by atoms with E-state index in [2.05, 4.69) is 15.3 Å². The molecule has 0 bridgehead atoms. The summed E-state index contributed by atoms with van der Waals surface area (Å²) in [5, 5.41) is 12.3. The average molecular weight is 447 g/mol. The van der Waals surface area contributed by atoms with E-state index in [1.807, 2.05) is 31.2 Å². The number of imidazole rings is 1. The van der Waals surface area contributed by atoms with Crippen LogP contribution in [0.2, 0.25) is 0 Å². The van der Waals surface area contributed by atoms with Gasteiger partial charge in [-0.15, -0.1) is 0 Å². The molecule has 4 aromatic rings. The van der Waals surface area contributed by atoms with Gasteiger partial charge in [-0.25, -0.2) is 9.97 Å². The van der Waals surface area contributed by atoms with E-state index in [9.17, 15) is 14.7 Å². The summed E-state index contributed by atoms with van der Waals surface area (Å²) in [6.07, 6.45) is 3.10. The molecule has 8 nitrogen and oxygen atoms in total. The zero-order chi connectivity index (χ0) is 26.0. The van der Waals surface area contributed by atoms with Crippen molar-refractivity contribution < 1.29 is 18.8 Å². The highest BCUT2D eigenvalue weighted by Gasteiger charge is 2.19. The van der Waals surface area contributed by atoms with Gasteiger partial charge in [0.15, 0.2) is 0 Å². The molecule has 168 valence electrons. The molecular formula is C25H25N5O3. The molecule has 0 atom stereocenters.